The maximum absolute atomic E-state index is 5.67. The van der Waals surface area contributed by atoms with E-state index in [1.165, 1.54) is 9.88 Å². The van der Waals surface area contributed by atoms with Crippen LogP contribution in [0.5, 0.6) is 0 Å². The van der Waals surface area contributed by atoms with Crippen LogP contribution in [0.25, 0.3) is 0 Å². The van der Waals surface area contributed by atoms with E-state index in [2.05, 4.69) is 11.9 Å². The Hall–Kier alpha value is -0.0800. The molecule has 0 amide bonds. The third-order valence-electron chi connectivity index (χ3n) is 1.36. The molecule has 3 heteroatoms. The fourth-order valence-corrected chi connectivity index (χ4v) is 1.98. The van der Waals surface area contributed by atoms with Crippen LogP contribution in [0.2, 0.25) is 0 Å². The van der Waals surface area contributed by atoms with Crippen molar-refractivity contribution in [3.05, 3.63) is 15.6 Å². The second-order valence-corrected chi connectivity index (χ2v) is 3.54. The summed E-state index contributed by atoms with van der Waals surface area (Å²) < 4.78 is 0. The highest BCUT2D eigenvalue weighted by Gasteiger charge is 2.03. The lowest BCUT2D eigenvalue weighted by Crippen LogP contribution is -1.78. The molecule has 0 fully saturated rings. The molecule has 1 rings (SSSR count). The van der Waals surface area contributed by atoms with Crippen molar-refractivity contribution in [2.24, 2.45) is 0 Å². The summed E-state index contributed by atoms with van der Waals surface area (Å²) in [5, 5.41) is 1.19. The Morgan fingerprint density at radius 1 is 1.60 bits per heavy atom. The predicted molar refractivity (Wildman–Crippen MR) is 45.8 cm³/mol. The number of halogens is 1. The van der Waals surface area contributed by atoms with Crippen molar-refractivity contribution < 1.29 is 0 Å². The molecule has 0 radical (unpaired) electrons. The minimum atomic E-state index is 0.601. The maximum atomic E-state index is 5.67. The van der Waals surface area contributed by atoms with Gasteiger partial charge < -0.3 is 0 Å². The molecule has 10 heavy (non-hydrogen) atoms. The van der Waals surface area contributed by atoms with Gasteiger partial charge in [0.25, 0.3) is 0 Å². The quantitative estimate of drug-likeness (QED) is 0.630. The Balaban J connectivity index is 2.92. The monoisotopic (exact) mass is 175 g/mol. The summed E-state index contributed by atoms with van der Waals surface area (Å²) >= 11 is 7.39. The van der Waals surface area contributed by atoms with Crippen LogP contribution in [0.15, 0.2) is 0 Å². The van der Waals surface area contributed by atoms with E-state index >= 15 is 0 Å². The second kappa shape index (κ2) is 3.35. The van der Waals surface area contributed by atoms with Gasteiger partial charge in [0, 0.05) is 4.88 Å². The van der Waals surface area contributed by atoms with E-state index in [0.29, 0.717) is 5.88 Å². The maximum Gasteiger partial charge on any atom is 0.0928 e. The zero-order valence-electron chi connectivity index (χ0n) is 6.15. The molecule has 0 aromatic carbocycles. The van der Waals surface area contributed by atoms with Crippen LogP contribution in [0, 0.1) is 6.92 Å². The standard InChI is InChI=1S/C7H10ClNS/c1-3-7-9-5(2)6(4-8)10-7/h3-4H2,1-2H3. The smallest absolute Gasteiger partial charge is 0.0928 e. The summed E-state index contributed by atoms with van der Waals surface area (Å²) in [6, 6.07) is 0. The minimum absolute atomic E-state index is 0.601. The molecule has 0 aliphatic carbocycles. The average molecular weight is 176 g/mol. The van der Waals surface area contributed by atoms with Crippen LogP contribution in [-0.4, -0.2) is 4.98 Å². The van der Waals surface area contributed by atoms with Crippen molar-refractivity contribution in [2.45, 2.75) is 26.1 Å². The van der Waals surface area contributed by atoms with Gasteiger partial charge in [0.05, 0.1) is 16.6 Å². The Labute approximate surface area is 70.1 Å². The fourth-order valence-electron chi connectivity index (χ4n) is 0.763. The Bertz CT molecular complexity index is 219. The molecule has 0 aliphatic heterocycles. The molecular formula is C7H10ClNS. The zero-order valence-corrected chi connectivity index (χ0v) is 7.72. The molecule has 0 atom stereocenters. The van der Waals surface area contributed by atoms with Gasteiger partial charge in [-0.05, 0) is 13.3 Å². The zero-order chi connectivity index (χ0) is 7.56. The number of alkyl halides is 1. The average Bonchev–Trinajstić information content (AvgIpc) is 2.30. The lowest BCUT2D eigenvalue weighted by molar-refractivity contribution is 1.06. The number of thiazole rings is 1. The molecule has 0 saturated carbocycles. The van der Waals surface area contributed by atoms with Gasteiger partial charge in [-0.2, -0.15) is 0 Å². The van der Waals surface area contributed by atoms with Crippen molar-refractivity contribution in [1.29, 1.82) is 0 Å². The molecule has 1 heterocycles. The van der Waals surface area contributed by atoms with E-state index in [1.807, 2.05) is 6.92 Å². The van der Waals surface area contributed by atoms with Crippen LogP contribution < -0.4 is 0 Å². The molecule has 0 saturated heterocycles. The minimum Gasteiger partial charge on any atom is -0.246 e. The number of hydrogen-bond acceptors (Lipinski definition) is 2. The van der Waals surface area contributed by atoms with Crippen molar-refractivity contribution >= 4 is 22.9 Å². The third-order valence-corrected chi connectivity index (χ3v) is 3.09. The molecule has 1 aromatic heterocycles. The summed E-state index contributed by atoms with van der Waals surface area (Å²) in [5.41, 5.74) is 1.09. The summed E-state index contributed by atoms with van der Waals surface area (Å²) in [7, 11) is 0. The van der Waals surface area contributed by atoms with E-state index in [0.717, 1.165) is 12.1 Å². The Morgan fingerprint density at radius 2 is 2.30 bits per heavy atom. The summed E-state index contributed by atoms with van der Waals surface area (Å²) in [6.07, 6.45) is 1.02. The van der Waals surface area contributed by atoms with E-state index in [1.54, 1.807) is 11.3 Å². The van der Waals surface area contributed by atoms with E-state index < -0.39 is 0 Å². The van der Waals surface area contributed by atoms with Crippen molar-refractivity contribution in [3.8, 4) is 0 Å². The molecule has 0 aliphatic rings. The van der Waals surface area contributed by atoms with Gasteiger partial charge in [0.2, 0.25) is 0 Å². The summed E-state index contributed by atoms with van der Waals surface area (Å²) in [5.74, 6) is 0.601. The number of rotatable bonds is 2. The first kappa shape index (κ1) is 8.02. The van der Waals surface area contributed by atoms with Gasteiger partial charge in [-0.3, -0.25) is 0 Å². The lowest BCUT2D eigenvalue weighted by Gasteiger charge is -1.84. The number of aromatic nitrogens is 1. The molecule has 56 valence electrons. The predicted octanol–water partition coefficient (Wildman–Crippen LogP) is 2.75. The SMILES string of the molecule is CCc1nc(C)c(CCl)s1. The number of aryl methyl sites for hydroxylation is 2. The van der Waals surface area contributed by atoms with Crippen LogP contribution in [-0.2, 0) is 12.3 Å². The van der Waals surface area contributed by atoms with Gasteiger partial charge in [-0.15, -0.1) is 22.9 Å². The highest BCUT2D eigenvalue weighted by atomic mass is 35.5. The van der Waals surface area contributed by atoms with E-state index in [9.17, 15) is 0 Å². The van der Waals surface area contributed by atoms with E-state index in [-0.39, 0.29) is 0 Å². The Morgan fingerprint density at radius 3 is 2.60 bits per heavy atom. The van der Waals surface area contributed by atoms with Crippen LogP contribution in [0.1, 0.15) is 22.5 Å². The van der Waals surface area contributed by atoms with Gasteiger partial charge in [0.1, 0.15) is 0 Å². The van der Waals surface area contributed by atoms with Crippen molar-refractivity contribution in [1.82, 2.24) is 4.98 Å². The normalized spacial score (nSPS) is 10.3. The largest absolute Gasteiger partial charge is 0.246 e. The first-order chi connectivity index (χ1) is 4.77. The first-order valence-electron chi connectivity index (χ1n) is 3.29. The number of nitrogens with zero attached hydrogens (tertiary/aromatic N) is 1. The lowest BCUT2D eigenvalue weighted by atomic mass is 10.4. The summed E-state index contributed by atoms with van der Waals surface area (Å²) in [4.78, 5) is 5.54. The molecule has 0 bridgehead atoms. The van der Waals surface area contributed by atoms with Gasteiger partial charge in [-0.1, -0.05) is 6.92 Å². The van der Waals surface area contributed by atoms with Crippen LogP contribution in [0.4, 0.5) is 0 Å². The molecule has 0 unspecified atom stereocenters. The van der Waals surface area contributed by atoms with Gasteiger partial charge in [0.15, 0.2) is 0 Å². The van der Waals surface area contributed by atoms with Gasteiger partial charge >= 0.3 is 0 Å². The second-order valence-electron chi connectivity index (χ2n) is 2.10. The Kier molecular flexibility index (Phi) is 2.69. The first-order valence-corrected chi connectivity index (χ1v) is 4.64. The van der Waals surface area contributed by atoms with Crippen LogP contribution >= 0.6 is 22.9 Å². The fraction of sp³-hybridized carbons (Fsp3) is 0.571. The van der Waals surface area contributed by atoms with Crippen molar-refractivity contribution in [2.75, 3.05) is 0 Å². The highest BCUT2D eigenvalue weighted by Crippen LogP contribution is 2.19. The highest BCUT2D eigenvalue weighted by molar-refractivity contribution is 7.11. The topological polar surface area (TPSA) is 12.9 Å². The third kappa shape index (κ3) is 1.50. The molecule has 0 N–H and O–H groups in total. The van der Waals surface area contributed by atoms with E-state index in [4.69, 9.17) is 11.6 Å². The molecular weight excluding hydrogens is 166 g/mol. The van der Waals surface area contributed by atoms with Gasteiger partial charge in [-0.25, -0.2) is 4.98 Å². The molecule has 1 nitrogen and oxygen atoms in total. The summed E-state index contributed by atoms with van der Waals surface area (Å²) in [6.45, 7) is 4.11. The number of hydrogen-bond donors (Lipinski definition) is 0. The molecule has 0 spiro atoms. The van der Waals surface area contributed by atoms with Crippen LogP contribution in [0.3, 0.4) is 0 Å². The molecule has 1 aromatic rings. The van der Waals surface area contributed by atoms with Crippen molar-refractivity contribution in [3.63, 3.8) is 0 Å².